The molecule has 102 valence electrons. The van der Waals surface area contributed by atoms with Crippen LogP contribution in [0.5, 0.6) is 0 Å². The number of halogens is 1. The summed E-state index contributed by atoms with van der Waals surface area (Å²) in [5, 5.41) is 9.34. The van der Waals surface area contributed by atoms with Gasteiger partial charge in [-0.15, -0.1) is 0 Å². The van der Waals surface area contributed by atoms with Gasteiger partial charge in [-0.1, -0.05) is 27.7 Å². The van der Waals surface area contributed by atoms with Crippen LogP contribution < -0.4 is 0 Å². The second-order valence-electron chi connectivity index (χ2n) is 4.22. The Morgan fingerprint density at radius 1 is 1.35 bits per heavy atom. The van der Waals surface area contributed by atoms with Gasteiger partial charge in [0.2, 0.25) is 0 Å². The molecule has 2 aliphatic rings. The number of fused-ring (bicyclic) bond motifs is 1. The van der Waals surface area contributed by atoms with E-state index in [-0.39, 0.29) is 18.0 Å². The van der Waals surface area contributed by atoms with Gasteiger partial charge in [-0.05, 0) is 38.3 Å². The molecule has 1 unspecified atom stereocenters. The van der Waals surface area contributed by atoms with Gasteiger partial charge in [-0.25, -0.2) is 4.39 Å². The van der Waals surface area contributed by atoms with Gasteiger partial charge in [-0.2, -0.15) is 0 Å². The zero-order valence-corrected chi connectivity index (χ0v) is 12.0. The number of aliphatic hydroxyl groups excluding tert-OH is 1. The fourth-order valence-electron chi connectivity index (χ4n) is 2.59. The molecule has 0 bridgehead atoms. The van der Waals surface area contributed by atoms with Crippen molar-refractivity contribution in [2.24, 2.45) is 0 Å². The van der Waals surface area contributed by atoms with E-state index in [1.165, 1.54) is 6.92 Å². The number of nitrogens with zero attached hydrogens (tertiary/aromatic N) is 1. The molecule has 3 heteroatoms. The van der Waals surface area contributed by atoms with E-state index >= 15 is 0 Å². The number of hydrogen-bond acceptors (Lipinski definition) is 2. The lowest BCUT2D eigenvalue weighted by Gasteiger charge is -2.28. The molecule has 0 aliphatic carbocycles. The maximum Gasteiger partial charge on any atom is 0.0974 e. The number of rotatable bonds is 1. The zero-order valence-electron chi connectivity index (χ0n) is 12.0. The summed E-state index contributed by atoms with van der Waals surface area (Å²) in [7, 11) is 0. The van der Waals surface area contributed by atoms with Gasteiger partial charge >= 0.3 is 0 Å². The van der Waals surface area contributed by atoms with Crippen LogP contribution in [0.15, 0.2) is 11.4 Å². The van der Waals surface area contributed by atoms with Gasteiger partial charge in [0.25, 0.3) is 0 Å². The molecule has 17 heavy (non-hydrogen) atoms. The Morgan fingerprint density at radius 3 is 2.35 bits per heavy atom. The quantitative estimate of drug-likeness (QED) is 0.764. The highest BCUT2D eigenvalue weighted by Crippen LogP contribution is 2.41. The van der Waals surface area contributed by atoms with Crippen LogP contribution in [0.4, 0.5) is 4.39 Å². The first-order chi connectivity index (χ1) is 8.18. The Morgan fingerprint density at radius 2 is 1.94 bits per heavy atom. The third kappa shape index (κ3) is 3.52. The summed E-state index contributed by atoms with van der Waals surface area (Å²) in [5.41, 5.74) is 0.775. The largest absolute Gasteiger partial charge is 0.394 e. The second-order valence-corrected chi connectivity index (χ2v) is 4.22. The molecule has 2 aliphatic heterocycles. The van der Waals surface area contributed by atoms with E-state index in [9.17, 15) is 9.50 Å². The van der Waals surface area contributed by atoms with E-state index in [1.807, 2.05) is 27.7 Å². The second kappa shape index (κ2) is 7.83. The first kappa shape index (κ1) is 16.6. The SMILES string of the molecule is C/C(F)=C1\CN2CCCC2(CO)C1.CC.CC. The maximum absolute atomic E-state index is 13.0. The molecule has 2 fully saturated rings. The molecule has 1 atom stereocenters. The molecule has 2 heterocycles. The fraction of sp³-hybridized carbons (Fsp3) is 0.857. The summed E-state index contributed by atoms with van der Waals surface area (Å²) in [6.07, 6.45) is 2.88. The van der Waals surface area contributed by atoms with Crippen LogP contribution in [0.2, 0.25) is 0 Å². The molecule has 2 saturated heterocycles. The lowest BCUT2D eigenvalue weighted by Crippen LogP contribution is -2.41. The highest BCUT2D eigenvalue weighted by atomic mass is 19.1. The Kier molecular flexibility index (Phi) is 7.64. The first-order valence-electron chi connectivity index (χ1n) is 6.88. The van der Waals surface area contributed by atoms with Gasteiger partial charge in [0, 0.05) is 12.1 Å². The van der Waals surface area contributed by atoms with Crippen molar-refractivity contribution in [3.63, 3.8) is 0 Å². The van der Waals surface area contributed by atoms with Crippen LogP contribution >= 0.6 is 0 Å². The molecule has 0 aromatic rings. The van der Waals surface area contributed by atoms with Crippen molar-refractivity contribution in [2.45, 2.75) is 59.4 Å². The van der Waals surface area contributed by atoms with Crippen LogP contribution in [0.1, 0.15) is 53.9 Å². The summed E-state index contributed by atoms with van der Waals surface area (Å²) in [6, 6.07) is 0. The molecule has 2 nitrogen and oxygen atoms in total. The summed E-state index contributed by atoms with van der Waals surface area (Å²) in [4.78, 5) is 2.23. The van der Waals surface area contributed by atoms with Gasteiger partial charge < -0.3 is 5.11 Å². The fourth-order valence-corrected chi connectivity index (χ4v) is 2.59. The molecule has 0 spiro atoms. The number of hydrogen-bond donors (Lipinski definition) is 1. The van der Waals surface area contributed by atoms with Crippen molar-refractivity contribution in [3.8, 4) is 0 Å². The van der Waals surface area contributed by atoms with Crippen LogP contribution in [-0.2, 0) is 0 Å². The topological polar surface area (TPSA) is 23.5 Å². The minimum absolute atomic E-state index is 0.0535. The molecule has 0 aromatic heterocycles. The zero-order chi connectivity index (χ0) is 13.5. The normalized spacial score (nSPS) is 29.8. The van der Waals surface area contributed by atoms with Crippen molar-refractivity contribution in [1.29, 1.82) is 0 Å². The summed E-state index contributed by atoms with van der Waals surface area (Å²) < 4.78 is 13.0. The summed E-state index contributed by atoms with van der Waals surface area (Å²) in [6.45, 7) is 11.4. The molecule has 2 rings (SSSR count). The van der Waals surface area contributed by atoms with E-state index in [0.29, 0.717) is 0 Å². The molecule has 0 aromatic carbocycles. The first-order valence-corrected chi connectivity index (χ1v) is 6.88. The van der Waals surface area contributed by atoms with Gasteiger partial charge in [0.1, 0.15) is 0 Å². The Labute approximate surface area is 106 Å². The molecule has 0 radical (unpaired) electrons. The Bertz CT molecular complexity index is 249. The highest BCUT2D eigenvalue weighted by Gasteiger charge is 2.46. The lowest BCUT2D eigenvalue weighted by molar-refractivity contribution is 0.1000. The Balaban J connectivity index is 0.000000581. The third-order valence-corrected chi connectivity index (χ3v) is 3.45. The van der Waals surface area contributed by atoms with E-state index in [4.69, 9.17) is 0 Å². The van der Waals surface area contributed by atoms with Gasteiger partial charge in [0.15, 0.2) is 0 Å². The molecular formula is C14H28FNO. The van der Waals surface area contributed by atoms with E-state index < -0.39 is 0 Å². The highest BCUT2D eigenvalue weighted by molar-refractivity contribution is 5.22. The van der Waals surface area contributed by atoms with Crippen molar-refractivity contribution in [2.75, 3.05) is 19.7 Å². The predicted octanol–water partition coefficient (Wildman–Crippen LogP) is 3.51. The lowest BCUT2D eigenvalue weighted by atomic mass is 9.93. The van der Waals surface area contributed by atoms with Crippen molar-refractivity contribution in [1.82, 2.24) is 4.90 Å². The van der Waals surface area contributed by atoms with Crippen molar-refractivity contribution < 1.29 is 9.50 Å². The van der Waals surface area contributed by atoms with Crippen molar-refractivity contribution in [3.05, 3.63) is 11.4 Å². The van der Waals surface area contributed by atoms with E-state index in [0.717, 1.165) is 37.9 Å². The molecule has 0 amide bonds. The molecule has 0 saturated carbocycles. The maximum atomic E-state index is 13.0. The average molecular weight is 245 g/mol. The molecular weight excluding hydrogens is 217 g/mol. The summed E-state index contributed by atoms with van der Waals surface area (Å²) in [5.74, 6) is -0.0535. The third-order valence-electron chi connectivity index (χ3n) is 3.45. The standard InChI is InChI=1S/C10H16FNO.2C2H6/c1-8(11)9-5-10(7-13)3-2-4-12(10)6-9;2*1-2/h13H,2-7H2,1H3;2*1-2H3/b9-8+;;. The predicted molar refractivity (Wildman–Crippen MR) is 71.7 cm³/mol. The smallest absolute Gasteiger partial charge is 0.0974 e. The average Bonchev–Trinajstić information content (AvgIpc) is 2.90. The minimum Gasteiger partial charge on any atom is -0.394 e. The number of aliphatic hydroxyl groups is 1. The monoisotopic (exact) mass is 245 g/mol. The number of allylic oxidation sites excluding steroid dienone is 1. The molecule has 1 N–H and O–H groups in total. The van der Waals surface area contributed by atoms with Crippen molar-refractivity contribution >= 4 is 0 Å². The van der Waals surface area contributed by atoms with Gasteiger partial charge in [-0.3, -0.25) is 4.90 Å². The van der Waals surface area contributed by atoms with Crippen LogP contribution in [0.25, 0.3) is 0 Å². The summed E-state index contributed by atoms with van der Waals surface area (Å²) >= 11 is 0. The van der Waals surface area contributed by atoms with Gasteiger partial charge in [0.05, 0.1) is 12.4 Å². The van der Waals surface area contributed by atoms with E-state index in [2.05, 4.69) is 4.90 Å². The van der Waals surface area contributed by atoms with Crippen LogP contribution in [0.3, 0.4) is 0 Å². The van der Waals surface area contributed by atoms with Crippen LogP contribution in [0, 0.1) is 0 Å². The Hall–Kier alpha value is -0.410. The van der Waals surface area contributed by atoms with Crippen LogP contribution in [-0.4, -0.2) is 35.2 Å². The minimum atomic E-state index is -0.108. The van der Waals surface area contributed by atoms with E-state index in [1.54, 1.807) is 0 Å².